The highest BCUT2D eigenvalue weighted by atomic mass is 32.2. The van der Waals surface area contributed by atoms with Gasteiger partial charge < -0.3 is 0 Å². The lowest BCUT2D eigenvalue weighted by molar-refractivity contribution is 0.241. The van der Waals surface area contributed by atoms with E-state index in [4.69, 9.17) is 0 Å². The van der Waals surface area contributed by atoms with Gasteiger partial charge in [-0.3, -0.25) is 0 Å². The predicted molar refractivity (Wildman–Crippen MR) is 81.1 cm³/mol. The van der Waals surface area contributed by atoms with Crippen LogP contribution in [0.3, 0.4) is 0 Å². The molecule has 1 aromatic heterocycles. The first-order valence-corrected chi connectivity index (χ1v) is 9.35. The summed E-state index contributed by atoms with van der Waals surface area (Å²) in [6, 6.07) is 0. The zero-order valence-electron chi connectivity index (χ0n) is 12.6. The Bertz CT molecular complexity index is 609. The predicted octanol–water partition coefficient (Wildman–Crippen LogP) is 2.13. The molecule has 0 amide bonds. The van der Waals surface area contributed by atoms with Gasteiger partial charge in [0.05, 0.1) is 18.0 Å². The Morgan fingerprint density at radius 2 is 2.05 bits per heavy atom. The lowest BCUT2D eigenvalue weighted by atomic mass is 9.77. The Balaban J connectivity index is 1.74. The standard InChI is InChI=1S/C15H23N3O2S/c1-15(6-3-2-4-7-15)11-21(19,20)18-8-5-13-9-16-12-17-14(13)10-18/h9,12H,2-8,10-11H2,1H3. The monoisotopic (exact) mass is 309 g/mol. The highest BCUT2D eigenvalue weighted by molar-refractivity contribution is 7.89. The van der Waals surface area contributed by atoms with Gasteiger partial charge in [0.2, 0.25) is 10.0 Å². The van der Waals surface area contributed by atoms with Crippen LogP contribution in [0.2, 0.25) is 0 Å². The quantitative estimate of drug-likeness (QED) is 0.858. The van der Waals surface area contributed by atoms with E-state index in [9.17, 15) is 8.42 Å². The molecule has 3 rings (SSSR count). The molecule has 2 heterocycles. The summed E-state index contributed by atoms with van der Waals surface area (Å²) >= 11 is 0. The topological polar surface area (TPSA) is 63.2 Å². The maximum Gasteiger partial charge on any atom is 0.215 e. The molecule has 0 atom stereocenters. The molecule has 1 fully saturated rings. The SMILES string of the molecule is CC1(CS(=O)(=O)N2CCc3cncnc3C2)CCCCC1. The number of hydrogen-bond acceptors (Lipinski definition) is 4. The highest BCUT2D eigenvalue weighted by Gasteiger charge is 2.36. The van der Waals surface area contributed by atoms with Crippen molar-refractivity contribution in [3.05, 3.63) is 23.8 Å². The molecule has 0 N–H and O–H groups in total. The van der Waals surface area contributed by atoms with Crippen molar-refractivity contribution in [2.75, 3.05) is 12.3 Å². The molecule has 0 bridgehead atoms. The van der Waals surface area contributed by atoms with Crippen LogP contribution in [0.5, 0.6) is 0 Å². The molecule has 0 unspecified atom stereocenters. The van der Waals surface area contributed by atoms with Gasteiger partial charge in [0, 0.05) is 12.7 Å². The third kappa shape index (κ3) is 3.26. The van der Waals surface area contributed by atoms with Crippen molar-refractivity contribution in [2.45, 2.75) is 52.0 Å². The minimum Gasteiger partial charge on any atom is -0.245 e. The number of rotatable bonds is 3. The first-order valence-electron chi connectivity index (χ1n) is 7.74. The van der Waals surface area contributed by atoms with Gasteiger partial charge in [-0.15, -0.1) is 0 Å². The van der Waals surface area contributed by atoms with Crippen LogP contribution in [0.4, 0.5) is 0 Å². The lowest BCUT2D eigenvalue weighted by Gasteiger charge is -2.36. The van der Waals surface area contributed by atoms with Gasteiger partial charge in [-0.05, 0) is 30.2 Å². The van der Waals surface area contributed by atoms with Crippen molar-refractivity contribution in [3.63, 3.8) is 0 Å². The lowest BCUT2D eigenvalue weighted by Crippen LogP contribution is -2.42. The van der Waals surface area contributed by atoms with E-state index >= 15 is 0 Å². The number of aromatic nitrogens is 2. The van der Waals surface area contributed by atoms with Gasteiger partial charge in [0.1, 0.15) is 6.33 Å². The van der Waals surface area contributed by atoms with E-state index in [1.165, 1.54) is 12.7 Å². The van der Waals surface area contributed by atoms with Crippen molar-refractivity contribution >= 4 is 10.0 Å². The van der Waals surface area contributed by atoms with Crippen LogP contribution in [0.1, 0.15) is 50.3 Å². The number of sulfonamides is 1. The van der Waals surface area contributed by atoms with Crippen LogP contribution in [0.25, 0.3) is 0 Å². The van der Waals surface area contributed by atoms with Gasteiger partial charge in [0.25, 0.3) is 0 Å². The molecular weight excluding hydrogens is 286 g/mol. The molecular formula is C15H23N3O2S. The molecule has 5 nitrogen and oxygen atoms in total. The summed E-state index contributed by atoms with van der Waals surface area (Å²) in [5.74, 6) is 0.278. The number of hydrogen-bond donors (Lipinski definition) is 0. The van der Waals surface area contributed by atoms with Crippen LogP contribution >= 0.6 is 0 Å². The molecule has 1 aromatic rings. The summed E-state index contributed by atoms with van der Waals surface area (Å²) in [4.78, 5) is 8.24. The largest absolute Gasteiger partial charge is 0.245 e. The summed E-state index contributed by atoms with van der Waals surface area (Å²) in [7, 11) is -3.21. The summed E-state index contributed by atoms with van der Waals surface area (Å²) in [5, 5.41) is 0. The van der Waals surface area contributed by atoms with Gasteiger partial charge in [-0.25, -0.2) is 18.4 Å². The fourth-order valence-electron chi connectivity index (χ4n) is 3.54. The van der Waals surface area contributed by atoms with E-state index in [2.05, 4.69) is 16.9 Å². The molecule has 116 valence electrons. The second-order valence-corrected chi connectivity index (χ2v) is 8.67. The van der Waals surface area contributed by atoms with E-state index in [-0.39, 0.29) is 11.2 Å². The Morgan fingerprint density at radius 3 is 2.81 bits per heavy atom. The van der Waals surface area contributed by atoms with Crippen molar-refractivity contribution in [1.82, 2.24) is 14.3 Å². The summed E-state index contributed by atoms with van der Waals surface area (Å²) < 4.78 is 27.1. The van der Waals surface area contributed by atoms with Crippen LogP contribution in [0.15, 0.2) is 12.5 Å². The van der Waals surface area contributed by atoms with Crippen molar-refractivity contribution in [3.8, 4) is 0 Å². The molecule has 0 spiro atoms. The molecule has 21 heavy (non-hydrogen) atoms. The maximum atomic E-state index is 12.8. The molecule has 1 aliphatic carbocycles. The van der Waals surface area contributed by atoms with Gasteiger partial charge in [-0.2, -0.15) is 4.31 Å². The third-order valence-corrected chi connectivity index (χ3v) is 6.98. The molecule has 6 heteroatoms. The minimum atomic E-state index is -3.21. The minimum absolute atomic E-state index is 0.0525. The van der Waals surface area contributed by atoms with E-state index < -0.39 is 10.0 Å². The van der Waals surface area contributed by atoms with E-state index in [0.717, 1.165) is 36.9 Å². The Hall–Kier alpha value is -1.01. The Labute approximate surface area is 126 Å². The average Bonchev–Trinajstić information content (AvgIpc) is 2.46. The molecule has 2 aliphatic rings. The Kier molecular flexibility index (Phi) is 4.01. The van der Waals surface area contributed by atoms with E-state index in [1.54, 1.807) is 10.5 Å². The fraction of sp³-hybridized carbons (Fsp3) is 0.733. The molecule has 1 saturated carbocycles. The van der Waals surface area contributed by atoms with Gasteiger partial charge >= 0.3 is 0 Å². The number of nitrogens with zero attached hydrogens (tertiary/aromatic N) is 3. The fourth-order valence-corrected chi connectivity index (χ4v) is 5.59. The Morgan fingerprint density at radius 1 is 1.29 bits per heavy atom. The van der Waals surface area contributed by atoms with Crippen molar-refractivity contribution in [1.29, 1.82) is 0 Å². The summed E-state index contributed by atoms with van der Waals surface area (Å²) in [6.45, 7) is 3.08. The highest BCUT2D eigenvalue weighted by Crippen LogP contribution is 2.37. The average molecular weight is 309 g/mol. The third-order valence-electron chi connectivity index (χ3n) is 4.82. The first-order chi connectivity index (χ1) is 9.99. The second-order valence-electron chi connectivity index (χ2n) is 6.71. The summed E-state index contributed by atoms with van der Waals surface area (Å²) in [6.07, 6.45) is 9.61. The summed E-state index contributed by atoms with van der Waals surface area (Å²) in [5.41, 5.74) is 1.88. The second kappa shape index (κ2) is 5.65. The smallest absolute Gasteiger partial charge is 0.215 e. The van der Waals surface area contributed by atoms with Crippen LogP contribution in [0, 0.1) is 5.41 Å². The maximum absolute atomic E-state index is 12.8. The number of fused-ring (bicyclic) bond motifs is 1. The van der Waals surface area contributed by atoms with Crippen molar-refractivity contribution < 1.29 is 8.42 Å². The zero-order chi connectivity index (χ0) is 14.9. The zero-order valence-corrected chi connectivity index (χ0v) is 13.4. The van der Waals surface area contributed by atoms with E-state index in [0.29, 0.717) is 19.5 Å². The van der Waals surface area contributed by atoms with E-state index in [1.807, 2.05) is 0 Å². The molecule has 0 saturated heterocycles. The van der Waals surface area contributed by atoms with Crippen molar-refractivity contribution in [2.24, 2.45) is 5.41 Å². The van der Waals surface area contributed by atoms with Crippen LogP contribution in [-0.2, 0) is 23.0 Å². The normalized spacial score (nSPS) is 22.7. The molecule has 0 radical (unpaired) electrons. The molecule has 0 aromatic carbocycles. The van der Waals surface area contributed by atoms with Gasteiger partial charge in [0.15, 0.2) is 0 Å². The van der Waals surface area contributed by atoms with Crippen LogP contribution < -0.4 is 0 Å². The van der Waals surface area contributed by atoms with Gasteiger partial charge in [-0.1, -0.05) is 26.2 Å². The molecule has 1 aliphatic heterocycles. The van der Waals surface area contributed by atoms with Crippen LogP contribution in [-0.4, -0.2) is 35.0 Å². The first kappa shape index (κ1) is 14.9.